The molecule has 0 aromatic heterocycles. The van der Waals surface area contributed by atoms with Crippen molar-refractivity contribution in [3.63, 3.8) is 0 Å². The van der Waals surface area contributed by atoms with E-state index in [1.54, 1.807) is 18.2 Å². The molecule has 0 heterocycles. The molecule has 1 unspecified atom stereocenters. The van der Waals surface area contributed by atoms with Gasteiger partial charge in [-0.1, -0.05) is 24.3 Å². The van der Waals surface area contributed by atoms with Gasteiger partial charge in [-0.15, -0.1) is 0 Å². The van der Waals surface area contributed by atoms with Gasteiger partial charge >= 0.3 is 0 Å². The van der Waals surface area contributed by atoms with Crippen LogP contribution in [0.4, 0.5) is 10.1 Å². The highest BCUT2D eigenvalue weighted by molar-refractivity contribution is 5.48. The number of nitrogens with two attached hydrogens (primary N) is 1. The van der Waals surface area contributed by atoms with Crippen LogP contribution in [0.25, 0.3) is 0 Å². The molecule has 23 heavy (non-hydrogen) atoms. The molecule has 2 N–H and O–H groups in total. The molecule has 0 bridgehead atoms. The van der Waals surface area contributed by atoms with Gasteiger partial charge in [0.15, 0.2) is 11.6 Å². The normalized spacial score (nSPS) is 12.0. The molecule has 0 spiro atoms. The Balaban J connectivity index is 1.88. The van der Waals surface area contributed by atoms with Crippen molar-refractivity contribution in [3.8, 4) is 5.75 Å². The summed E-state index contributed by atoms with van der Waals surface area (Å²) in [7, 11) is 4.05. The maximum atomic E-state index is 13.5. The molecule has 3 nitrogen and oxygen atoms in total. The highest BCUT2D eigenvalue weighted by atomic mass is 19.1. The van der Waals surface area contributed by atoms with Crippen molar-refractivity contribution in [2.75, 3.05) is 32.1 Å². The summed E-state index contributed by atoms with van der Waals surface area (Å²) in [4.78, 5) is 2.08. The lowest BCUT2D eigenvalue weighted by Crippen LogP contribution is -2.15. The summed E-state index contributed by atoms with van der Waals surface area (Å²) in [6.45, 7) is 1.08. The van der Waals surface area contributed by atoms with Crippen molar-refractivity contribution in [2.24, 2.45) is 5.73 Å². The van der Waals surface area contributed by atoms with Crippen LogP contribution in [0.1, 0.15) is 24.3 Å². The molecule has 0 saturated heterocycles. The molecule has 0 aliphatic heterocycles. The Kier molecular flexibility index (Phi) is 6.41. The second-order valence-corrected chi connectivity index (χ2v) is 5.84. The monoisotopic (exact) mass is 316 g/mol. The van der Waals surface area contributed by atoms with Gasteiger partial charge in [0, 0.05) is 19.8 Å². The molecule has 1 atom stereocenters. The number of benzene rings is 2. The molecule has 0 fully saturated rings. The molecule has 0 aliphatic rings. The quantitative estimate of drug-likeness (QED) is 0.753. The van der Waals surface area contributed by atoms with E-state index in [9.17, 15) is 4.39 Å². The van der Waals surface area contributed by atoms with Crippen molar-refractivity contribution in [1.82, 2.24) is 0 Å². The number of nitrogens with zero attached hydrogens (tertiary/aromatic N) is 1. The SMILES string of the molecule is CN(C)c1cccc(C(CN)CCCOc2ccccc2F)c1. The van der Waals surface area contributed by atoms with E-state index in [1.165, 1.54) is 17.3 Å². The molecule has 2 aromatic rings. The first-order valence-corrected chi connectivity index (χ1v) is 7.96. The summed E-state index contributed by atoms with van der Waals surface area (Å²) in [5.41, 5.74) is 8.34. The van der Waals surface area contributed by atoms with Crippen molar-refractivity contribution in [2.45, 2.75) is 18.8 Å². The van der Waals surface area contributed by atoms with Gasteiger partial charge in [-0.05, 0) is 55.1 Å². The lowest BCUT2D eigenvalue weighted by Gasteiger charge is -2.19. The van der Waals surface area contributed by atoms with Crippen LogP contribution in [0, 0.1) is 5.82 Å². The van der Waals surface area contributed by atoms with Crippen molar-refractivity contribution >= 4 is 5.69 Å². The molecule has 4 heteroatoms. The fourth-order valence-electron chi connectivity index (χ4n) is 2.55. The fourth-order valence-corrected chi connectivity index (χ4v) is 2.55. The average Bonchev–Trinajstić information content (AvgIpc) is 2.56. The Morgan fingerprint density at radius 3 is 2.61 bits per heavy atom. The van der Waals surface area contributed by atoms with E-state index in [4.69, 9.17) is 10.5 Å². The lowest BCUT2D eigenvalue weighted by molar-refractivity contribution is 0.288. The largest absolute Gasteiger partial charge is 0.491 e. The summed E-state index contributed by atoms with van der Waals surface area (Å²) in [5.74, 6) is 0.284. The fraction of sp³-hybridized carbons (Fsp3) is 0.368. The summed E-state index contributed by atoms with van der Waals surface area (Å²) in [5, 5.41) is 0. The number of anilines is 1. The van der Waals surface area contributed by atoms with Crippen LogP contribution in [-0.2, 0) is 0 Å². The van der Waals surface area contributed by atoms with Crippen LogP contribution in [0.3, 0.4) is 0 Å². The zero-order valence-corrected chi connectivity index (χ0v) is 13.8. The van der Waals surface area contributed by atoms with E-state index in [2.05, 4.69) is 29.2 Å². The third kappa shape index (κ3) is 4.96. The zero-order valence-electron chi connectivity index (χ0n) is 13.8. The number of halogens is 1. The third-order valence-corrected chi connectivity index (χ3v) is 3.93. The Morgan fingerprint density at radius 1 is 1.13 bits per heavy atom. The third-order valence-electron chi connectivity index (χ3n) is 3.93. The second kappa shape index (κ2) is 8.53. The van der Waals surface area contributed by atoms with E-state index in [0.717, 1.165) is 12.8 Å². The molecule has 0 saturated carbocycles. The number of hydrogen-bond donors (Lipinski definition) is 1. The molecule has 0 aliphatic carbocycles. The highest BCUT2D eigenvalue weighted by Crippen LogP contribution is 2.24. The topological polar surface area (TPSA) is 38.5 Å². The van der Waals surface area contributed by atoms with Gasteiger partial charge in [-0.2, -0.15) is 0 Å². The average molecular weight is 316 g/mol. The minimum Gasteiger partial charge on any atom is -0.491 e. The lowest BCUT2D eigenvalue weighted by atomic mass is 9.94. The summed E-state index contributed by atoms with van der Waals surface area (Å²) in [6, 6.07) is 14.9. The van der Waals surface area contributed by atoms with Gasteiger partial charge in [-0.3, -0.25) is 0 Å². The molecule has 2 aromatic carbocycles. The first-order chi connectivity index (χ1) is 11.1. The number of para-hydroxylation sites is 1. The molecule has 2 rings (SSSR count). The predicted octanol–water partition coefficient (Wildman–Crippen LogP) is 3.79. The minimum atomic E-state index is -0.318. The van der Waals surface area contributed by atoms with E-state index in [1.807, 2.05) is 14.1 Å². The van der Waals surface area contributed by atoms with Crippen molar-refractivity contribution in [1.29, 1.82) is 0 Å². The number of hydrogen-bond acceptors (Lipinski definition) is 3. The standard InChI is InChI=1S/C19H25FN2O/c1-22(2)17-9-5-7-15(13-17)16(14-21)8-6-12-23-19-11-4-3-10-18(19)20/h3-5,7,9-11,13,16H,6,8,12,14,21H2,1-2H3. The van der Waals surface area contributed by atoms with E-state index >= 15 is 0 Å². The Labute approximate surface area is 137 Å². The van der Waals surface area contributed by atoms with Crippen molar-refractivity contribution in [3.05, 3.63) is 59.9 Å². The van der Waals surface area contributed by atoms with Crippen LogP contribution < -0.4 is 15.4 Å². The molecular weight excluding hydrogens is 291 g/mol. The maximum absolute atomic E-state index is 13.5. The van der Waals surface area contributed by atoms with Crippen LogP contribution in [0.15, 0.2) is 48.5 Å². The first-order valence-electron chi connectivity index (χ1n) is 7.96. The van der Waals surface area contributed by atoms with E-state index in [-0.39, 0.29) is 5.82 Å². The van der Waals surface area contributed by atoms with Gasteiger partial charge in [0.1, 0.15) is 0 Å². The molecule has 124 valence electrons. The first kappa shape index (κ1) is 17.3. The van der Waals surface area contributed by atoms with Crippen LogP contribution in [-0.4, -0.2) is 27.2 Å². The van der Waals surface area contributed by atoms with Crippen LogP contribution in [0.5, 0.6) is 5.75 Å². The van der Waals surface area contributed by atoms with Crippen LogP contribution >= 0.6 is 0 Å². The van der Waals surface area contributed by atoms with Crippen LogP contribution in [0.2, 0.25) is 0 Å². The van der Waals surface area contributed by atoms with Gasteiger partial charge in [-0.25, -0.2) is 4.39 Å². The Morgan fingerprint density at radius 2 is 1.91 bits per heavy atom. The van der Waals surface area contributed by atoms with Crippen molar-refractivity contribution < 1.29 is 9.13 Å². The molecule has 0 radical (unpaired) electrons. The van der Waals surface area contributed by atoms with E-state index < -0.39 is 0 Å². The smallest absolute Gasteiger partial charge is 0.165 e. The summed E-state index contributed by atoms with van der Waals surface area (Å²) in [6.07, 6.45) is 1.75. The highest BCUT2D eigenvalue weighted by Gasteiger charge is 2.11. The number of rotatable bonds is 8. The van der Waals surface area contributed by atoms with Gasteiger partial charge < -0.3 is 15.4 Å². The summed E-state index contributed by atoms with van der Waals surface area (Å²) >= 11 is 0. The Bertz CT molecular complexity index is 616. The zero-order chi connectivity index (χ0) is 16.7. The van der Waals surface area contributed by atoms with Gasteiger partial charge in [0.25, 0.3) is 0 Å². The number of ether oxygens (including phenoxy) is 1. The second-order valence-electron chi connectivity index (χ2n) is 5.84. The summed E-state index contributed by atoms with van der Waals surface area (Å²) < 4.78 is 19.0. The molecule has 0 amide bonds. The van der Waals surface area contributed by atoms with Gasteiger partial charge in [0.05, 0.1) is 6.61 Å². The Hall–Kier alpha value is -2.07. The van der Waals surface area contributed by atoms with E-state index in [0.29, 0.717) is 24.8 Å². The van der Waals surface area contributed by atoms with Gasteiger partial charge in [0.2, 0.25) is 0 Å². The predicted molar refractivity (Wildman–Crippen MR) is 93.7 cm³/mol. The maximum Gasteiger partial charge on any atom is 0.165 e. The molecular formula is C19H25FN2O. The minimum absolute atomic E-state index is 0.291.